The molecule has 1 aromatic carbocycles. The van der Waals surface area contributed by atoms with Crippen LogP contribution in [0.2, 0.25) is 0 Å². The fraction of sp³-hybridized carbons (Fsp3) is 0.522. The van der Waals surface area contributed by atoms with E-state index in [9.17, 15) is 40.9 Å². The highest BCUT2D eigenvalue weighted by molar-refractivity contribution is 5.89. The standard InChI is InChI=1S/C23H26N2O10/c26-8-15-20(30)22(32)18(28)13(34-15)5-3-10-1-2-11(17-12(10)7-24-25-17)4-6-14-19(29)23(33)21(31)16(9-27)35-14/h1-2,7,13-16,18-23,26-33H,8-9H2,(H,24,25)/t13-,14-,15-,16-,18-,19-,20-,21-,22-,23-/m1/s1. The molecule has 0 aliphatic carbocycles. The van der Waals surface area contributed by atoms with Crippen LogP contribution in [0.1, 0.15) is 11.1 Å². The first-order valence-corrected chi connectivity index (χ1v) is 10.9. The van der Waals surface area contributed by atoms with Gasteiger partial charge < -0.3 is 50.3 Å². The van der Waals surface area contributed by atoms with Gasteiger partial charge in [0.2, 0.25) is 0 Å². The van der Waals surface area contributed by atoms with Crippen LogP contribution in [0.15, 0.2) is 18.3 Å². The molecule has 188 valence electrons. The van der Waals surface area contributed by atoms with Gasteiger partial charge in [-0.15, -0.1) is 0 Å². The minimum Gasteiger partial charge on any atom is -0.394 e. The fourth-order valence-corrected chi connectivity index (χ4v) is 3.99. The summed E-state index contributed by atoms with van der Waals surface area (Å²) in [5.41, 5.74) is 1.46. The van der Waals surface area contributed by atoms with Crippen LogP contribution in [0, 0.1) is 23.7 Å². The third-order valence-corrected chi connectivity index (χ3v) is 6.10. The Morgan fingerprint density at radius 1 is 0.714 bits per heavy atom. The second-order valence-corrected chi connectivity index (χ2v) is 8.36. The Bertz CT molecular complexity index is 1070. The van der Waals surface area contributed by atoms with Gasteiger partial charge in [-0.2, -0.15) is 5.10 Å². The lowest BCUT2D eigenvalue weighted by molar-refractivity contribution is -0.214. The van der Waals surface area contributed by atoms with Crippen molar-refractivity contribution in [2.75, 3.05) is 13.2 Å². The summed E-state index contributed by atoms with van der Waals surface area (Å²) >= 11 is 0. The number of aromatic nitrogens is 2. The number of hydrogen-bond acceptors (Lipinski definition) is 11. The van der Waals surface area contributed by atoms with Crippen molar-refractivity contribution in [1.29, 1.82) is 0 Å². The number of nitrogens with one attached hydrogen (secondary N) is 1. The highest BCUT2D eigenvalue weighted by atomic mass is 16.5. The number of aliphatic hydroxyl groups is 8. The van der Waals surface area contributed by atoms with E-state index in [4.69, 9.17) is 9.47 Å². The summed E-state index contributed by atoms with van der Waals surface area (Å²) in [7, 11) is 0. The third-order valence-electron chi connectivity index (χ3n) is 6.10. The van der Waals surface area contributed by atoms with Crippen LogP contribution in [-0.2, 0) is 9.47 Å². The van der Waals surface area contributed by atoms with Crippen LogP contribution < -0.4 is 0 Å². The molecule has 0 radical (unpaired) electrons. The van der Waals surface area contributed by atoms with Crippen LogP contribution in [0.3, 0.4) is 0 Å². The molecular weight excluding hydrogens is 464 g/mol. The monoisotopic (exact) mass is 490 g/mol. The molecule has 4 rings (SSSR count). The van der Waals surface area contributed by atoms with E-state index < -0.39 is 74.3 Å². The van der Waals surface area contributed by atoms with E-state index in [1.165, 1.54) is 6.20 Å². The van der Waals surface area contributed by atoms with Crippen molar-refractivity contribution < 1.29 is 50.3 Å². The van der Waals surface area contributed by atoms with Gasteiger partial charge in [-0.3, -0.25) is 5.10 Å². The molecule has 10 atom stereocenters. The predicted molar refractivity (Wildman–Crippen MR) is 117 cm³/mol. The maximum absolute atomic E-state index is 10.2. The number of benzene rings is 1. The lowest BCUT2D eigenvalue weighted by atomic mass is 9.95. The molecular formula is C23H26N2O10. The van der Waals surface area contributed by atoms with Crippen LogP contribution in [0.4, 0.5) is 0 Å². The first-order chi connectivity index (χ1) is 16.8. The molecule has 12 heteroatoms. The Kier molecular flexibility index (Phi) is 7.70. The Balaban J connectivity index is 1.59. The van der Waals surface area contributed by atoms with Gasteiger partial charge in [0.05, 0.1) is 30.5 Å². The van der Waals surface area contributed by atoms with Crippen molar-refractivity contribution in [2.24, 2.45) is 0 Å². The normalized spacial score (nSPS) is 37.3. The second-order valence-electron chi connectivity index (χ2n) is 8.36. The highest BCUT2D eigenvalue weighted by Gasteiger charge is 2.43. The molecule has 12 nitrogen and oxygen atoms in total. The summed E-state index contributed by atoms with van der Waals surface area (Å²) in [5, 5.41) is 86.0. The topological polar surface area (TPSA) is 209 Å². The average molecular weight is 490 g/mol. The summed E-state index contributed by atoms with van der Waals surface area (Å²) in [4.78, 5) is 0. The van der Waals surface area contributed by atoms with E-state index in [0.717, 1.165) is 0 Å². The smallest absolute Gasteiger partial charge is 0.147 e. The maximum atomic E-state index is 10.2. The zero-order valence-electron chi connectivity index (χ0n) is 18.3. The molecule has 1 aromatic heterocycles. The molecule has 2 aliphatic heterocycles. The molecule has 0 spiro atoms. The number of fused-ring (bicyclic) bond motifs is 1. The summed E-state index contributed by atoms with van der Waals surface area (Å²) in [6.07, 6.45) is -11.9. The number of rotatable bonds is 2. The van der Waals surface area contributed by atoms with Crippen LogP contribution >= 0.6 is 0 Å². The van der Waals surface area contributed by atoms with Crippen molar-refractivity contribution in [2.45, 2.75) is 61.0 Å². The predicted octanol–water partition coefficient (Wildman–Crippen LogP) is -4.05. The minimum absolute atomic E-state index is 0.466. The van der Waals surface area contributed by atoms with Gasteiger partial charge in [0.1, 0.15) is 61.0 Å². The summed E-state index contributed by atoms with van der Waals surface area (Å²) in [6.45, 7) is -1.12. The van der Waals surface area contributed by atoms with Crippen molar-refractivity contribution in [1.82, 2.24) is 10.2 Å². The maximum Gasteiger partial charge on any atom is 0.147 e. The molecule has 9 N–H and O–H groups in total. The molecule has 2 saturated heterocycles. The Morgan fingerprint density at radius 3 is 1.71 bits per heavy atom. The summed E-state index contributed by atoms with van der Waals surface area (Å²) in [6, 6.07) is 3.25. The van der Waals surface area contributed by atoms with Crippen LogP contribution in [0.25, 0.3) is 10.9 Å². The van der Waals surface area contributed by atoms with E-state index in [-0.39, 0.29) is 0 Å². The summed E-state index contributed by atoms with van der Waals surface area (Å²) < 4.78 is 10.8. The molecule has 0 amide bonds. The zero-order valence-corrected chi connectivity index (χ0v) is 18.3. The number of hydrogen-bond donors (Lipinski definition) is 9. The van der Waals surface area contributed by atoms with Crippen molar-refractivity contribution in [3.05, 3.63) is 29.5 Å². The van der Waals surface area contributed by atoms with Gasteiger partial charge in [-0.05, 0) is 12.1 Å². The number of ether oxygens (including phenoxy) is 2. The third kappa shape index (κ3) is 4.91. The van der Waals surface area contributed by atoms with Gasteiger partial charge >= 0.3 is 0 Å². The van der Waals surface area contributed by atoms with Gasteiger partial charge in [0.15, 0.2) is 0 Å². The van der Waals surface area contributed by atoms with Gasteiger partial charge in [-0.25, -0.2) is 0 Å². The quantitative estimate of drug-likeness (QED) is 0.185. The number of nitrogens with zero attached hydrogens (tertiary/aromatic N) is 1. The van der Waals surface area contributed by atoms with E-state index >= 15 is 0 Å². The van der Waals surface area contributed by atoms with E-state index in [2.05, 4.69) is 33.9 Å². The van der Waals surface area contributed by atoms with Gasteiger partial charge in [0.25, 0.3) is 0 Å². The SMILES string of the molecule is OC[C@H]1O[C@H](C#Cc2ccc(C#C[C@H]3O[C@H](CO)[C@@H](O)[C@H](O)[C@@H]3O)c3[nH]ncc23)[C@@H](O)[C@@H](O)[C@@H]1O. The lowest BCUT2D eigenvalue weighted by Crippen LogP contribution is -2.58. The van der Waals surface area contributed by atoms with Crippen LogP contribution in [0.5, 0.6) is 0 Å². The number of aromatic amines is 1. The molecule has 0 bridgehead atoms. The van der Waals surface area contributed by atoms with E-state index in [1.54, 1.807) is 12.1 Å². The van der Waals surface area contributed by atoms with Crippen molar-refractivity contribution >= 4 is 10.9 Å². The van der Waals surface area contributed by atoms with Crippen LogP contribution in [-0.4, -0.2) is 125 Å². The first kappa shape index (κ1) is 25.5. The summed E-state index contributed by atoms with van der Waals surface area (Å²) in [5.74, 6) is 11.1. The molecule has 2 fully saturated rings. The molecule has 0 saturated carbocycles. The van der Waals surface area contributed by atoms with Gasteiger partial charge in [-0.1, -0.05) is 23.7 Å². The molecule has 3 heterocycles. The Labute approximate surface area is 199 Å². The lowest BCUT2D eigenvalue weighted by Gasteiger charge is -2.37. The number of H-pyrrole nitrogens is 1. The number of aliphatic hydroxyl groups excluding tert-OH is 8. The largest absolute Gasteiger partial charge is 0.394 e. The Morgan fingerprint density at radius 2 is 1.20 bits per heavy atom. The fourth-order valence-electron chi connectivity index (χ4n) is 3.99. The first-order valence-electron chi connectivity index (χ1n) is 10.9. The zero-order chi connectivity index (χ0) is 25.3. The van der Waals surface area contributed by atoms with E-state index in [0.29, 0.717) is 22.0 Å². The molecule has 2 aromatic rings. The second kappa shape index (κ2) is 10.6. The van der Waals surface area contributed by atoms with E-state index in [1.807, 2.05) is 0 Å². The average Bonchev–Trinajstić information content (AvgIpc) is 3.36. The van der Waals surface area contributed by atoms with Crippen molar-refractivity contribution in [3.63, 3.8) is 0 Å². The molecule has 2 aliphatic rings. The molecule has 0 unspecified atom stereocenters. The minimum atomic E-state index is -1.53. The molecule has 35 heavy (non-hydrogen) atoms. The Hall–Kier alpha value is -2.59. The van der Waals surface area contributed by atoms with Gasteiger partial charge in [0, 0.05) is 10.9 Å². The van der Waals surface area contributed by atoms with Crippen molar-refractivity contribution in [3.8, 4) is 23.7 Å². The highest BCUT2D eigenvalue weighted by Crippen LogP contribution is 2.24.